The molecule has 4 rings (SSSR count). The van der Waals surface area contributed by atoms with E-state index in [1.807, 2.05) is 0 Å². The third-order valence-electron chi connectivity index (χ3n) is 5.45. The molecule has 0 radical (unpaired) electrons. The van der Waals surface area contributed by atoms with Crippen molar-refractivity contribution in [1.82, 2.24) is 20.4 Å². The Morgan fingerprint density at radius 2 is 2.09 bits per heavy atom. The number of rotatable bonds is 6. The molecule has 3 aromatic rings. The van der Waals surface area contributed by atoms with Crippen molar-refractivity contribution in [3.63, 3.8) is 0 Å². The highest BCUT2D eigenvalue weighted by atomic mass is 32.2. The van der Waals surface area contributed by atoms with Crippen LogP contribution in [0.5, 0.6) is 0 Å². The smallest absolute Gasteiger partial charge is 0.269 e. The largest absolute Gasteiger partial charge is 0.283 e. The molecular weight excluding hydrogens is 463 g/mol. The van der Waals surface area contributed by atoms with E-state index < -0.39 is 17.6 Å². The number of hydrogen-bond acceptors (Lipinski definition) is 6. The van der Waals surface area contributed by atoms with Crippen molar-refractivity contribution in [3.05, 3.63) is 69.1 Å². The fraction of sp³-hybridized carbons (Fsp3) is 0.304. The summed E-state index contributed by atoms with van der Waals surface area (Å²) in [7, 11) is 0. The van der Waals surface area contributed by atoms with Crippen molar-refractivity contribution in [2.24, 2.45) is 5.92 Å². The summed E-state index contributed by atoms with van der Waals surface area (Å²) in [5.74, 6) is -0.947. The molecule has 0 fully saturated rings. The van der Waals surface area contributed by atoms with Crippen molar-refractivity contribution in [2.75, 3.05) is 5.75 Å². The van der Waals surface area contributed by atoms with Gasteiger partial charge in [0.1, 0.15) is 10.6 Å². The molecule has 1 aliphatic carbocycles. The first-order valence-electron chi connectivity index (χ1n) is 10.5. The minimum Gasteiger partial charge on any atom is -0.283 e. The number of hydrogen-bond donors (Lipinski definition) is 2. The quantitative estimate of drug-likeness (QED) is 0.241. The predicted octanol–water partition coefficient (Wildman–Crippen LogP) is 3.46. The molecule has 2 amide bonds. The number of nitrogens with zero attached hydrogens (tertiary/aromatic N) is 2. The van der Waals surface area contributed by atoms with Gasteiger partial charge in [0.25, 0.3) is 11.5 Å². The number of fused-ring (bicyclic) bond motifs is 3. The number of nitrogens with one attached hydrogen (secondary N) is 2. The van der Waals surface area contributed by atoms with Crippen LogP contribution in [-0.2, 0) is 24.2 Å². The van der Waals surface area contributed by atoms with Crippen molar-refractivity contribution in [2.45, 2.75) is 37.9 Å². The molecule has 172 valence electrons. The van der Waals surface area contributed by atoms with Gasteiger partial charge in [0, 0.05) is 17.0 Å². The van der Waals surface area contributed by atoms with Crippen LogP contribution in [0.1, 0.15) is 34.1 Å². The summed E-state index contributed by atoms with van der Waals surface area (Å²) < 4.78 is 14.5. The van der Waals surface area contributed by atoms with Gasteiger partial charge in [-0.1, -0.05) is 24.8 Å². The van der Waals surface area contributed by atoms with Crippen LogP contribution in [0.4, 0.5) is 4.39 Å². The second-order valence-electron chi connectivity index (χ2n) is 7.93. The van der Waals surface area contributed by atoms with Crippen molar-refractivity contribution in [1.29, 1.82) is 0 Å². The van der Waals surface area contributed by atoms with E-state index in [-0.39, 0.29) is 23.4 Å². The number of allylic oxidation sites excluding steroid dienone is 1. The van der Waals surface area contributed by atoms with Crippen LogP contribution in [0.3, 0.4) is 0 Å². The van der Waals surface area contributed by atoms with Crippen LogP contribution in [-0.4, -0.2) is 27.1 Å². The van der Waals surface area contributed by atoms with Crippen molar-refractivity contribution < 1.29 is 14.0 Å². The fourth-order valence-corrected chi connectivity index (χ4v) is 6.00. The zero-order valence-electron chi connectivity index (χ0n) is 18.0. The number of aryl methyl sites for hydroxylation is 1. The van der Waals surface area contributed by atoms with Crippen LogP contribution >= 0.6 is 23.1 Å². The number of benzene rings is 1. The number of carbonyl (C=O) groups is 2. The maximum atomic E-state index is 13.3. The molecule has 2 N–H and O–H groups in total. The Bertz CT molecular complexity index is 1280. The van der Waals surface area contributed by atoms with E-state index in [0.29, 0.717) is 21.3 Å². The molecule has 2 heterocycles. The van der Waals surface area contributed by atoms with Crippen molar-refractivity contribution >= 4 is 45.1 Å². The highest BCUT2D eigenvalue weighted by Crippen LogP contribution is 2.36. The molecule has 0 saturated heterocycles. The molecule has 0 bridgehead atoms. The molecule has 2 aromatic heterocycles. The van der Waals surface area contributed by atoms with E-state index in [4.69, 9.17) is 4.98 Å². The lowest BCUT2D eigenvalue weighted by Crippen LogP contribution is -2.42. The Morgan fingerprint density at radius 1 is 1.33 bits per heavy atom. The summed E-state index contributed by atoms with van der Waals surface area (Å²) in [5, 5.41) is 1.11. The molecule has 0 spiro atoms. The standard InChI is InChI=1S/C23H23FN4O3S2/c1-3-10-28-22(31)19-16-9-4-13(2)11-17(16)33-21(19)25-23(28)32-12-18(29)26-27-20(30)14-5-7-15(24)8-6-14/h3,5-8,13H,1,4,9-12H2,2H3,(H,26,29)(H,27,30). The van der Waals surface area contributed by atoms with Gasteiger partial charge in [-0.15, -0.1) is 17.9 Å². The summed E-state index contributed by atoms with van der Waals surface area (Å²) >= 11 is 2.68. The van der Waals surface area contributed by atoms with Crippen LogP contribution in [0.25, 0.3) is 10.2 Å². The molecule has 7 nitrogen and oxygen atoms in total. The molecule has 0 aliphatic heterocycles. The van der Waals surface area contributed by atoms with Gasteiger partial charge in [-0.05, 0) is 55.0 Å². The molecule has 1 unspecified atom stereocenters. The van der Waals surface area contributed by atoms with E-state index in [9.17, 15) is 18.8 Å². The Labute approximate surface area is 198 Å². The second-order valence-corrected chi connectivity index (χ2v) is 9.95. The van der Waals surface area contributed by atoms with E-state index >= 15 is 0 Å². The average molecular weight is 487 g/mol. The normalized spacial score (nSPS) is 15.2. The SMILES string of the molecule is C=CCn1c(SCC(=O)NNC(=O)c2ccc(F)cc2)nc2sc3c(c2c1=O)CCC(C)C3. The fourth-order valence-electron chi connectivity index (χ4n) is 3.77. The lowest BCUT2D eigenvalue weighted by atomic mass is 9.89. The number of halogens is 1. The predicted molar refractivity (Wildman–Crippen MR) is 128 cm³/mol. The lowest BCUT2D eigenvalue weighted by molar-refractivity contribution is -0.119. The second kappa shape index (κ2) is 9.88. The number of thioether (sulfide) groups is 1. The monoisotopic (exact) mass is 486 g/mol. The molecule has 1 atom stereocenters. The van der Waals surface area contributed by atoms with Crippen LogP contribution in [0.15, 0.2) is 46.9 Å². The Hall–Kier alpha value is -2.98. The minimum absolute atomic E-state index is 0.0547. The van der Waals surface area contributed by atoms with Gasteiger partial charge in [0.15, 0.2) is 5.16 Å². The summed E-state index contributed by atoms with van der Waals surface area (Å²) in [6.45, 7) is 6.24. The lowest BCUT2D eigenvalue weighted by Gasteiger charge is -2.17. The topological polar surface area (TPSA) is 93.1 Å². The summed E-state index contributed by atoms with van der Waals surface area (Å²) in [5.41, 5.74) is 5.84. The highest BCUT2D eigenvalue weighted by molar-refractivity contribution is 7.99. The van der Waals surface area contributed by atoms with Gasteiger partial charge < -0.3 is 0 Å². The Balaban J connectivity index is 1.48. The number of hydrazine groups is 1. The number of thiophene rings is 1. The zero-order chi connectivity index (χ0) is 23.5. The Kier molecular flexibility index (Phi) is 6.94. The molecule has 0 saturated carbocycles. The first kappa shape index (κ1) is 23.2. The van der Waals surface area contributed by atoms with E-state index in [1.54, 1.807) is 17.4 Å². The maximum absolute atomic E-state index is 13.3. The third-order valence-corrected chi connectivity index (χ3v) is 7.57. The molecule has 1 aliphatic rings. The molecular formula is C23H23FN4O3S2. The number of aromatic nitrogens is 2. The van der Waals surface area contributed by atoms with E-state index in [2.05, 4.69) is 24.4 Å². The first-order valence-corrected chi connectivity index (χ1v) is 12.3. The zero-order valence-corrected chi connectivity index (χ0v) is 19.7. The Morgan fingerprint density at radius 3 is 2.82 bits per heavy atom. The van der Waals surface area contributed by atoms with Crippen LogP contribution in [0, 0.1) is 11.7 Å². The first-order chi connectivity index (χ1) is 15.9. The average Bonchev–Trinajstić information content (AvgIpc) is 3.16. The molecule has 33 heavy (non-hydrogen) atoms. The minimum atomic E-state index is -0.560. The van der Waals surface area contributed by atoms with Gasteiger partial charge in [0.2, 0.25) is 5.91 Å². The van der Waals surface area contributed by atoms with Gasteiger partial charge in [-0.25, -0.2) is 9.37 Å². The van der Waals surface area contributed by atoms with Gasteiger partial charge in [-0.2, -0.15) is 0 Å². The van der Waals surface area contributed by atoms with Gasteiger partial charge >= 0.3 is 0 Å². The van der Waals surface area contributed by atoms with Gasteiger partial charge in [-0.3, -0.25) is 29.8 Å². The van der Waals surface area contributed by atoms with Gasteiger partial charge in [0.05, 0.1) is 11.1 Å². The van der Waals surface area contributed by atoms with Crippen molar-refractivity contribution in [3.8, 4) is 0 Å². The number of carbonyl (C=O) groups excluding carboxylic acids is 2. The maximum Gasteiger partial charge on any atom is 0.269 e. The van der Waals surface area contributed by atoms with Crippen LogP contribution < -0.4 is 16.4 Å². The summed E-state index contributed by atoms with van der Waals surface area (Å²) in [6, 6.07) is 4.97. The van der Waals surface area contributed by atoms with E-state index in [1.165, 1.54) is 21.6 Å². The number of amides is 2. The molecule has 10 heteroatoms. The highest BCUT2D eigenvalue weighted by Gasteiger charge is 2.24. The summed E-state index contributed by atoms with van der Waals surface area (Å²) in [6.07, 6.45) is 4.52. The van der Waals surface area contributed by atoms with Crippen LogP contribution in [0.2, 0.25) is 0 Å². The molecule has 1 aromatic carbocycles. The third kappa shape index (κ3) is 5.01. The summed E-state index contributed by atoms with van der Waals surface area (Å²) in [4.78, 5) is 44.2. The van der Waals surface area contributed by atoms with E-state index in [0.717, 1.165) is 48.7 Å².